The molecule has 3 aromatic carbocycles. The first-order chi connectivity index (χ1) is 18.0. The van der Waals surface area contributed by atoms with Crippen molar-refractivity contribution in [1.29, 1.82) is 0 Å². The van der Waals surface area contributed by atoms with Crippen LogP contribution in [0.4, 0.5) is 5.13 Å². The largest absolute Gasteiger partial charge is 0.503 e. The maximum Gasteiger partial charge on any atom is 0.296 e. The molecule has 0 bridgehead atoms. The van der Waals surface area contributed by atoms with E-state index in [9.17, 15) is 14.7 Å². The van der Waals surface area contributed by atoms with Crippen LogP contribution in [0.2, 0.25) is 0 Å². The minimum absolute atomic E-state index is 0.0275. The number of nitrogens with zero attached hydrogens (tertiary/aromatic N) is 2. The van der Waals surface area contributed by atoms with Gasteiger partial charge in [0.15, 0.2) is 10.9 Å². The van der Waals surface area contributed by atoms with Crippen molar-refractivity contribution in [3.63, 3.8) is 0 Å². The number of para-hydroxylation sites is 1. The van der Waals surface area contributed by atoms with Gasteiger partial charge in [0.1, 0.15) is 11.5 Å². The lowest BCUT2D eigenvalue weighted by Crippen LogP contribution is -2.30. The maximum absolute atomic E-state index is 13.6. The molecule has 0 saturated carbocycles. The van der Waals surface area contributed by atoms with Crippen molar-refractivity contribution < 1.29 is 19.4 Å². The van der Waals surface area contributed by atoms with Crippen LogP contribution in [-0.2, 0) is 4.79 Å². The van der Waals surface area contributed by atoms with Gasteiger partial charge >= 0.3 is 0 Å². The topological polar surface area (TPSA) is 79.7 Å². The molecule has 5 aromatic rings. The van der Waals surface area contributed by atoms with E-state index < -0.39 is 17.7 Å². The van der Waals surface area contributed by atoms with E-state index in [1.807, 2.05) is 67.6 Å². The fraction of sp³-hybridized carbons (Fsp3) is 0.0690. The molecule has 8 heteroatoms. The Bertz CT molecular complexity index is 1670. The van der Waals surface area contributed by atoms with Crippen LogP contribution in [0.5, 0.6) is 11.5 Å². The number of anilines is 1. The summed E-state index contributed by atoms with van der Waals surface area (Å²) in [5.41, 5.74) is 2.48. The Morgan fingerprint density at radius 1 is 0.973 bits per heavy atom. The molecule has 1 N–H and O–H groups in total. The monoisotopic (exact) mass is 524 g/mol. The van der Waals surface area contributed by atoms with Crippen LogP contribution in [0.1, 0.15) is 26.8 Å². The molecule has 182 valence electrons. The van der Waals surface area contributed by atoms with E-state index in [4.69, 9.17) is 4.74 Å². The highest BCUT2D eigenvalue weighted by Crippen LogP contribution is 2.45. The minimum Gasteiger partial charge on any atom is -0.503 e. The van der Waals surface area contributed by atoms with Gasteiger partial charge < -0.3 is 9.84 Å². The zero-order valence-electron chi connectivity index (χ0n) is 19.6. The van der Waals surface area contributed by atoms with E-state index in [0.29, 0.717) is 27.1 Å². The molecule has 1 unspecified atom stereocenters. The number of carbonyl (C=O) groups is 2. The van der Waals surface area contributed by atoms with Crippen LogP contribution in [0.25, 0.3) is 10.2 Å². The minimum atomic E-state index is -0.872. The zero-order chi connectivity index (χ0) is 25.5. The van der Waals surface area contributed by atoms with Gasteiger partial charge in [-0.15, -0.1) is 11.3 Å². The summed E-state index contributed by atoms with van der Waals surface area (Å²) in [6.45, 7) is 1.99. The third-order valence-corrected chi connectivity index (χ3v) is 7.98. The summed E-state index contributed by atoms with van der Waals surface area (Å²) in [5, 5.41) is 13.2. The van der Waals surface area contributed by atoms with Gasteiger partial charge in [-0.1, -0.05) is 53.8 Å². The molecule has 0 spiro atoms. The van der Waals surface area contributed by atoms with Crippen molar-refractivity contribution in [2.45, 2.75) is 13.0 Å². The fourth-order valence-electron chi connectivity index (χ4n) is 4.39. The Kier molecular flexibility index (Phi) is 5.82. The number of aryl methyl sites for hydroxylation is 1. The number of thiazole rings is 1. The Hall–Kier alpha value is -4.27. The molecule has 1 aliphatic heterocycles. The number of thiophene rings is 1. The predicted molar refractivity (Wildman–Crippen MR) is 146 cm³/mol. The molecule has 37 heavy (non-hydrogen) atoms. The highest BCUT2D eigenvalue weighted by Gasteiger charge is 2.46. The average molecular weight is 525 g/mol. The van der Waals surface area contributed by atoms with Crippen LogP contribution in [0, 0.1) is 6.92 Å². The van der Waals surface area contributed by atoms with Crippen LogP contribution in [-0.4, -0.2) is 21.8 Å². The number of hydrogen-bond donors (Lipinski definition) is 1. The molecular formula is C29H20N2O4S2. The average Bonchev–Trinajstić information content (AvgIpc) is 3.63. The van der Waals surface area contributed by atoms with Gasteiger partial charge in [-0.05, 0) is 65.9 Å². The molecule has 6 rings (SSSR count). The lowest BCUT2D eigenvalue weighted by atomic mass is 9.95. The number of rotatable bonds is 6. The summed E-state index contributed by atoms with van der Waals surface area (Å²) < 4.78 is 6.94. The van der Waals surface area contributed by atoms with Crippen molar-refractivity contribution in [2.75, 3.05) is 4.90 Å². The van der Waals surface area contributed by atoms with Gasteiger partial charge in [-0.2, -0.15) is 0 Å². The number of fused-ring (bicyclic) bond motifs is 1. The van der Waals surface area contributed by atoms with E-state index in [-0.39, 0.29) is 11.4 Å². The zero-order valence-corrected chi connectivity index (χ0v) is 21.3. The van der Waals surface area contributed by atoms with E-state index in [1.54, 1.807) is 29.6 Å². The molecule has 2 aromatic heterocycles. The quantitative estimate of drug-likeness (QED) is 0.237. The second-order valence-electron chi connectivity index (χ2n) is 8.60. The lowest BCUT2D eigenvalue weighted by Gasteiger charge is -2.24. The molecule has 6 nitrogen and oxygen atoms in total. The summed E-state index contributed by atoms with van der Waals surface area (Å²) in [7, 11) is 0. The second kappa shape index (κ2) is 9.31. The number of carbonyl (C=O) groups excluding carboxylic acids is 2. The van der Waals surface area contributed by atoms with Crippen LogP contribution in [0.15, 0.2) is 102 Å². The summed E-state index contributed by atoms with van der Waals surface area (Å²) in [6.07, 6.45) is 0. The molecular weight excluding hydrogens is 504 g/mol. The number of benzene rings is 3. The van der Waals surface area contributed by atoms with Gasteiger partial charge in [0.2, 0.25) is 5.78 Å². The molecule has 3 heterocycles. The van der Waals surface area contributed by atoms with Crippen LogP contribution >= 0.6 is 22.7 Å². The molecule has 0 aliphatic carbocycles. The molecule has 1 aliphatic rings. The van der Waals surface area contributed by atoms with Crippen molar-refractivity contribution in [2.24, 2.45) is 0 Å². The Morgan fingerprint density at radius 3 is 2.57 bits per heavy atom. The van der Waals surface area contributed by atoms with E-state index >= 15 is 0 Å². The van der Waals surface area contributed by atoms with Crippen molar-refractivity contribution in [1.82, 2.24) is 4.98 Å². The number of ketones is 1. The standard InChI is InChI=1S/C29H20N2O4S2/c1-17-12-13-21-23(15-17)37-29(30-21)31-25(24(27(33)28(31)34)26(32)22-11-6-14-36-22)18-7-5-10-20(16-18)35-19-8-3-2-4-9-19/h2-16,25,33H,1H3. The summed E-state index contributed by atoms with van der Waals surface area (Å²) >= 11 is 2.61. The summed E-state index contributed by atoms with van der Waals surface area (Å²) in [6, 6.07) is 25.0. The van der Waals surface area contributed by atoms with Crippen molar-refractivity contribution in [3.05, 3.63) is 118 Å². The van der Waals surface area contributed by atoms with E-state index in [0.717, 1.165) is 15.8 Å². The number of aromatic nitrogens is 1. The third-order valence-electron chi connectivity index (χ3n) is 6.09. The number of Topliss-reactive ketones (excluding diaryl/α,β-unsaturated/α-hetero) is 1. The van der Waals surface area contributed by atoms with Gasteiger partial charge in [-0.3, -0.25) is 14.5 Å². The lowest BCUT2D eigenvalue weighted by molar-refractivity contribution is -0.117. The van der Waals surface area contributed by atoms with Gasteiger partial charge in [0.05, 0.1) is 26.7 Å². The molecule has 0 saturated heterocycles. The maximum atomic E-state index is 13.6. The molecule has 0 radical (unpaired) electrons. The van der Waals surface area contributed by atoms with E-state index in [1.165, 1.54) is 27.6 Å². The number of ether oxygens (including phenoxy) is 1. The first-order valence-corrected chi connectivity index (χ1v) is 13.2. The smallest absolute Gasteiger partial charge is 0.296 e. The van der Waals surface area contributed by atoms with Gasteiger partial charge in [0, 0.05) is 0 Å². The molecule has 0 fully saturated rings. The number of hydrogen-bond acceptors (Lipinski definition) is 7. The van der Waals surface area contributed by atoms with Crippen molar-refractivity contribution >= 4 is 49.7 Å². The SMILES string of the molecule is Cc1ccc2nc(N3C(=O)C(O)=C(C(=O)c4cccs4)C3c3cccc(Oc4ccccc4)c3)sc2c1. The fourth-order valence-corrected chi connectivity index (χ4v) is 6.15. The molecule has 1 amide bonds. The highest BCUT2D eigenvalue weighted by atomic mass is 32.1. The van der Waals surface area contributed by atoms with Gasteiger partial charge in [-0.25, -0.2) is 4.98 Å². The normalized spacial score (nSPS) is 15.5. The van der Waals surface area contributed by atoms with Crippen LogP contribution in [0.3, 0.4) is 0 Å². The highest BCUT2D eigenvalue weighted by molar-refractivity contribution is 7.22. The Labute approximate surface area is 220 Å². The molecule has 1 atom stereocenters. The number of aliphatic hydroxyl groups excluding tert-OH is 1. The van der Waals surface area contributed by atoms with Crippen LogP contribution < -0.4 is 9.64 Å². The number of aliphatic hydroxyl groups is 1. The summed E-state index contributed by atoms with van der Waals surface area (Å²) in [5.74, 6) is -0.401. The summed E-state index contributed by atoms with van der Waals surface area (Å²) in [4.78, 5) is 33.6. The predicted octanol–water partition coefficient (Wildman–Crippen LogP) is 7.24. The van der Waals surface area contributed by atoms with E-state index in [2.05, 4.69) is 4.98 Å². The Morgan fingerprint density at radius 2 is 1.78 bits per heavy atom. The second-order valence-corrected chi connectivity index (χ2v) is 10.6. The van der Waals surface area contributed by atoms with Gasteiger partial charge in [0.25, 0.3) is 5.91 Å². The first kappa shape index (κ1) is 23.1. The first-order valence-electron chi connectivity index (χ1n) is 11.5. The third kappa shape index (κ3) is 4.20. The number of amides is 1. The van der Waals surface area contributed by atoms with Crippen molar-refractivity contribution in [3.8, 4) is 11.5 Å². The Balaban J connectivity index is 1.48.